The van der Waals surface area contributed by atoms with E-state index < -0.39 is 35.7 Å². The molecular weight excluding hydrogens is 367 g/mol. The molecule has 0 bridgehead atoms. The Bertz CT molecular complexity index is 682. The van der Waals surface area contributed by atoms with Crippen LogP contribution >= 0.6 is 0 Å². The fourth-order valence-corrected chi connectivity index (χ4v) is 3.06. The van der Waals surface area contributed by atoms with Crippen LogP contribution in [0.15, 0.2) is 4.52 Å². The standard InChI is InChI=1S/C17H24F3N3O4/c1-15(2,3)26-14(24)23-8-7-16(10-23,17(18,19)20)13-21-12(22-27-13)9-25-11-5-4-6-11/h11H,4-10H2,1-3H3. The summed E-state index contributed by atoms with van der Waals surface area (Å²) in [6, 6.07) is 0. The third-order valence-corrected chi connectivity index (χ3v) is 4.84. The number of rotatable bonds is 4. The molecule has 1 aromatic rings. The molecule has 1 unspecified atom stereocenters. The van der Waals surface area contributed by atoms with Gasteiger partial charge in [-0.1, -0.05) is 5.16 Å². The second-order valence-corrected chi connectivity index (χ2v) is 8.11. The fourth-order valence-electron chi connectivity index (χ4n) is 3.06. The van der Waals surface area contributed by atoms with Gasteiger partial charge >= 0.3 is 12.3 Å². The van der Waals surface area contributed by atoms with Crippen molar-refractivity contribution in [2.75, 3.05) is 13.1 Å². The zero-order chi connectivity index (χ0) is 19.9. The van der Waals surface area contributed by atoms with Crippen molar-refractivity contribution in [2.45, 2.75) is 76.4 Å². The van der Waals surface area contributed by atoms with Crippen LogP contribution < -0.4 is 0 Å². The van der Waals surface area contributed by atoms with Crippen LogP contribution in [0.5, 0.6) is 0 Å². The molecule has 1 saturated heterocycles. The highest BCUT2D eigenvalue weighted by Crippen LogP contribution is 2.47. The number of aromatic nitrogens is 2. The van der Waals surface area contributed by atoms with Gasteiger partial charge in [0.15, 0.2) is 11.2 Å². The second kappa shape index (κ2) is 6.96. The normalized spacial score (nSPS) is 24.1. The van der Waals surface area contributed by atoms with Crippen molar-refractivity contribution in [2.24, 2.45) is 0 Å². The van der Waals surface area contributed by atoms with E-state index >= 15 is 0 Å². The molecule has 10 heteroatoms. The number of likely N-dealkylation sites (tertiary alicyclic amines) is 1. The van der Waals surface area contributed by atoms with Crippen LogP contribution in [0.2, 0.25) is 0 Å². The molecule has 1 amide bonds. The van der Waals surface area contributed by atoms with Crippen LogP contribution in [0.3, 0.4) is 0 Å². The molecule has 27 heavy (non-hydrogen) atoms. The first-order valence-corrected chi connectivity index (χ1v) is 8.99. The largest absolute Gasteiger partial charge is 0.444 e. The van der Waals surface area contributed by atoms with Crippen molar-refractivity contribution < 1.29 is 32.0 Å². The topological polar surface area (TPSA) is 77.7 Å². The molecule has 2 fully saturated rings. The molecule has 7 nitrogen and oxygen atoms in total. The molecule has 1 aromatic heterocycles. The highest BCUT2D eigenvalue weighted by Gasteiger charge is 2.63. The number of hydrogen-bond acceptors (Lipinski definition) is 6. The summed E-state index contributed by atoms with van der Waals surface area (Å²) in [4.78, 5) is 17.1. The molecule has 0 aromatic carbocycles. The number of ether oxygens (including phenoxy) is 2. The van der Waals surface area contributed by atoms with Crippen molar-refractivity contribution in [3.63, 3.8) is 0 Å². The van der Waals surface area contributed by atoms with Gasteiger partial charge in [-0.05, 0) is 46.5 Å². The summed E-state index contributed by atoms with van der Waals surface area (Å²) in [7, 11) is 0. The number of carbonyl (C=O) groups excluding carboxylic acids is 1. The Morgan fingerprint density at radius 2 is 2.04 bits per heavy atom. The lowest BCUT2D eigenvalue weighted by molar-refractivity contribution is -0.193. The summed E-state index contributed by atoms with van der Waals surface area (Å²) in [5, 5.41) is 3.63. The monoisotopic (exact) mass is 391 g/mol. The van der Waals surface area contributed by atoms with Crippen molar-refractivity contribution in [3.05, 3.63) is 11.7 Å². The Morgan fingerprint density at radius 3 is 2.59 bits per heavy atom. The third-order valence-electron chi connectivity index (χ3n) is 4.84. The minimum Gasteiger partial charge on any atom is -0.444 e. The first-order chi connectivity index (χ1) is 12.5. The van der Waals surface area contributed by atoms with Gasteiger partial charge in [-0.2, -0.15) is 18.2 Å². The van der Waals surface area contributed by atoms with Gasteiger partial charge in [-0.3, -0.25) is 0 Å². The SMILES string of the molecule is CC(C)(C)OC(=O)N1CCC(c2nc(COC3CCC3)no2)(C(F)(F)F)C1. The highest BCUT2D eigenvalue weighted by atomic mass is 19.4. The Hall–Kier alpha value is -1.84. The summed E-state index contributed by atoms with van der Waals surface area (Å²) in [6.45, 7) is 4.26. The van der Waals surface area contributed by atoms with Crippen LogP contribution in [-0.2, 0) is 21.5 Å². The van der Waals surface area contributed by atoms with Crippen molar-refractivity contribution >= 4 is 6.09 Å². The quantitative estimate of drug-likeness (QED) is 0.781. The van der Waals surface area contributed by atoms with Gasteiger partial charge in [0.05, 0.1) is 6.10 Å². The van der Waals surface area contributed by atoms with E-state index in [9.17, 15) is 18.0 Å². The zero-order valence-electron chi connectivity index (χ0n) is 15.6. The van der Waals surface area contributed by atoms with Crippen LogP contribution in [-0.4, -0.2) is 52.1 Å². The van der Waals surface area contributed by atoms with Gasteiger partial charge in [0.25, 0.3) is 0 Å². The van der Waals surface area contributed by atoms with Crippen molar-refractivity contribution in [1.82, 2.24) is 15.0 Å². The predicted molar refractivity (Wildman–Crippen MR) is 86.9 cm³/mol. The van der Waals surface area contributed by atoms with Gasteiger partial charge in [0, 0.05) is 13.1 Å². The molecule has 1 aliphatic heterocycles. The number of halogens is 3. The van der Waals surface area contributed by atoms with E-state index in [1.54, 1.807) is 20.8 Å². The molecule has 1 aliphatic carbocycles. The van der Waals surface area contributed by atoms with E-state index in [1.165, 1.54) is 0 Å². The van der Waals surface area contributed by atoms with Gasteiger partial charge < -0.3 is 18.9 Å². The van der Waals surface area contributed by atoms with Gasteiger partial charge in [0.2, 0.25) is 5.89 Å². The molecule has 3 rings (SSSR count). The summed E-state index contributed by atoms with van der Waals surface area (Å²) in [6.07, 6.45) is -2.74. The molecule has 0 radical (unpaired) electrons. The maximum atomic E-state index is 13.9. The maximum absolute atomic E-state index is 13.9. The molecule has 0 spiro atoms. The average Bonchev–Trinajstić information content (AvgIpc) is 3.10. The van der Waals surface area contributed by atoms with Crippen LogP contribution in [0, 0.1) is 0 Å². The van der Waals surface area contributed by atoms with Crippen molar-refractivity contribution in [1.29, 1.82) is 0 Å². The number of alkyl halides is 3. The Kier molecular flexibility index (Phi) is 5.13. The fraction of sp³-hybridized carbons (Fsp3) is 0.824. The van der Waals surface area contributed by atoms with E-state index in [1.807, 2.05) is 0 Å². The van der Waals surface area contributed by atoms with E-state index in [4.69, 9.17) is 14.0 Å². The Morgan fingerprint density at radius 1 is 1.33 bits per heavy atom. The molecule has 152 valence electrons. The van der Waals surface area contributed by atoms with Gasteiger partial charge in [-0.15, -0.1) is 0 Å². The number of amides is 1. The summed E-state index contributed by atoms with van der Waals surface area (Å²) in [5.41, 5.74) is -3.19. The van der Waals surface area contributed by atoms with E-state index in [-0.39, 0.29) is 31.5 Å². The lowest BCUT2D eigenvalue weighted by atomic mass is 9.86. The minimum absolute atomic E-state index is 0.0118. The maximum Gasteiger partial charge on any atom is 0.410 e. The molecular formula is C17H24F3N3O4. The number of hydrogen-bond donors (Lipinski definition) is 0. The van der Waals surface area contributed by atoms with E-state index in [0.717, 1.165) is 24.2 Å². The highest BCUT2D eigenvalue weighted by molar-refractivity contribution is 5.69. The average molecular weight is 391 g/mol. The molecule has 0 N–H and O–H groups in total. The van der Waals surface area contributed by atoms with Crippen LogP contribution in [0.1, 0.15) is 58.2 Å². The molecule has 1 atom stereocenters. The first kappa shape index (κ1) is 19.9. The summed E-state index contributed by atoms with van der Waals surface area (Å²) < 4.78 is 57.4. The van der Waals surface area contributed by atoms with E-state index in [2.05, 4.69) is 10.1 Å². The molecule has 2 aliphatic rings. The molecule has 1 saturated carbocycles. The second-order valence-electron chi connectivity index (χ2n) is 8.11. The van der Waals surface area contributed by atoms with E-state index in [0.29, 0.717) is 0 Å². The minimum atomic E-state index is -4.65. The molecule has 2 heterocycles. The Labute approximate surface area is 155 Å². The number of carbonyl (C=O) groups is 1. The smallest absolute Gasteiger partial charge is 0.410 e. The first-order valence-electron chi connectivity index (χ1n) is 8.99. The van der Waals surface area contributed by atoms with Crippen molar-refractivity contribution in [3.8, 4) is 0 Å². The van der Waals surface area contributed by atoms with Crippen LogP contribution in [0.25, 0.3) is 0 Å². The van der Waals surface area contributed by atoms with Gasteiger partial charge in [-0.25, -0.2) is 4.79 Å². The summed E-state index contributed by atoms with van der Waals surface area (Å²) >= 11 is 0. The Balaban J connectivity index is 1.74. The summed E-state index contributed by atoms with van der Waals surface area (Å²) in [5.74, 6) is -0.454. The lowest BCUT2D eigenvalue weighted by Gasteiger charge is -2.29. The third kappa shape index (κ3) is 4.20. The lowest BCUT2D eigenvalue weighted by Crippen LogP contribution is -2.46. The number of nitrogens with zero attached hydrogens (tertiary/aromatic N) is 3. The zero-order valence-corrected chi connectivity index (χ0v) is 15.6. The predicted octanol–water partition coefficient (Wildman–Crippen LogP) is 3.58. The van der Waals surface area contributed by atoms with Gasteiger partial charge in [0.1, 0.15) is 12.2 Å². The van der Waals surface area contributed by atoms with Crippen LogP contribution in [0.4, 0.5) is 18.0 Å².